The third kappa shape index (κ3) is 6.26. The molecule has 0 saturated carbocycles. The van der Waals surface area contributed by atoms with E-state index < -0.39 is 16.1 Å². The van der Waals surface area contributed by atoms with Gasteiger partial charge in [0.25, 0.3) is 0 Å². The monoisotopic (exact) mass is 373 g/mol. The molecule has 1 fully saturated rings. The SMILES string of the molecule is C[C@@H](Cc1ccccc1F)NC(=O)NCCS(=O)(=O)N1CCOCC1. The molecule has 2 N–H and O–H groups in total. The number of rotatable bonds is 7. The average Bonchev–Trinajstić information content (AvgIpc) is 2.57. The number of nitrogens with one attached hydrogen (secondary N) is 2. The second-order valence-corrected chi connectivity index (χ2v) is 8.01. The van der Waals surface area contributed by atoms with Crippen LogP contribution < -0.4 is 10.6 Å². The first kappa shape index (κ1) is 19.6. The summed E-state index contributed by atoms with van der Waals surface area (Å²) in [7, 11) is -3.40. The van der Waals surface area contributed by atoms with Gasteiger partial charge in [0.15, 0.2) is 0 Å². The molecule has 1 aromatic carbocycles. The van der Waals surface area contributed by atoms with Crippen LogP contribution in [0.3, 0.4) is 0 Å². The van der Waals surface area contributed by atoms with Crippen LogP contribution in [-0.4, -0.2) is 63.4 Å². The summed E-state index contributed by atoms with van der Waals surface area (Å²) in [5, 5.41) is 5.20. The van der Waals surface area contributed by atoms with Gasteiger partial charge in [0, 0.05) is 25.7 Å². The lowest BCUT2D eigenvalue weighted by Gasteiger charge is -2.26. The van der Waals surface area contributed by atoms with Crippen molar-refractivity contribution in [1.82, 2.24) is 14.9 Å². The van der Waals surface area contributed by atoms with Gasteiger partial charge in [-0.05, 0) is 25.0 Å². The van der Waals surface area contributed by atoms with Crippen LogP contribution in [-0.2, 0) is 21.2 Å². The summed E-state index contributed by atoms with van der Waals surface area (Å²) in [6.45, 7) is 3.23. The number of halogens is 1. The van der Waals surface area contributed by atoms with Crippen molar-refractivity contribution in [3.8, 4) is 0 Å². The predicted molar refractivity (Wildman–Crippen MR) is 92.3 cm³/mol. The van der Waals surface area contributed by atoms with Crippen LogP contribution >= 0.6 is 0 Å². The van der Waals surface area contributed by atoms with E-state index in [4.69, 9.17) is 4.74 Å². The highest BCUT2D eigenvalue weighted by Gasteiger charge is 2.24. The Morgan fingerprint density at radius 2 is 2.00 bits per heavy atom. The van der Waals surface area contributed by atoms with Crippen LogP contribution in [0, 0.1) is 5.82 Å². The molecule has 2 amide bonds. The van der Waals surface area contributed by atoms with Crippen molar-refractivity contribution in [1.29, 1.82) is 0 Å². The van der Waals surface area contributed by atoms with Crippen LogP contribution in [0.1, 0.15) is 12.5 Å². The summed E-state index contributed by atoms with van der Waals surface area (Å²) in [4.78, 5) is 11.8. The Hall–Kier alpha value is -1.71. The third-order valence-corrected chi connectivity index (χ3v) is 5.74. The lowest BCUT2D eigenvalue weighted by atomic mass is 10.1. The largest absolute Gasteiger partial charge is 0.379 e. The summed E-state index contributed by atoms with van der Waals surface area (Å²) in [5.41, 5.74) is 0.519. The van der Waals surface area contributed by atoms with Crippen molar-refractivity contribution < 1.29 is 22.3 Å². The van der Waals surface area contributed by atoms with E-state index in [1.807, 2.05) is 0 Å². The number of carbonyl (C=O) groups excluding carboxylic acids is 1. The lowest BCUT2D eigenvalue weighted by molar-refractivity contribution is 0.0730. The van der Waals surface area contributed by atoms with Crippen molar-refractivity contribution in [3.05, 3.63) is 35.6 Å². The Balaban J connectivity index is 1.72. The number of benzene rings is 1. The molecule has 9 heteroatoms. The third-order valence-electron chi connectivity index (χ3n) is 3.87. The molecule has 1 atom stereocenters. The van der Waals surface area contributed by atoms with E-state index in [0.717, 1.165) is 0 Å². The van der Waals surface area contributed by atoms with Gasteiger partial charge >= 0.3 is 6.03 Å². The van der Waals surface area contributed by atoms with Crippen molar-refractivity contribution in [2.45, 2.75) is 19.4 Å². The van der Waals surface area contributed by atoms with Crippen LogP contribution in [0.15, 0.2) is 24.3 Å². The van der Waals surface area contributed by atoms with Gasteiger partial charge < -0.3 is 15.4 Å². The Morgan fingerprint density at radius 3 is 2.68 bits per heavy atom. The quantitative estimate of drug-likeness (QED) is 0.737. The number of sulfonamides is 1. The van der Waals surface area contributed by atoms with Crippen LogP contribution in [0.25, 0.3) is 0 Å². The zero-order valence-corrected chi connectivity index (χ0v) is 15.0. The smallest absolute Gasteiger partial charge is 0.315 e. The summed E-state index contributed by atoms with van der Waals surface area (Å²) < 4.78 is 44.3. The van der Waals surface area contributed by atoms with Crippen LogP contribution in [0.2, 0.25) is 0 Å². The highest BCUT2D eigenvalue weighted by molar-refractivity contribution is 7.89. The highest BCUT2D eigenvalue weighted by atomic mass is 32.2. The maximum absolute atomic E-state index is 13.6. The Labute approximate surface area is 147 Å². The molecule has 0 bridgehead atoms. The molecule has 1 aliphatic heterocycles. The van der Waals surface area contributed by atoms with E-state index in [0.29, 0.717) is 38.3 Å². The molecule has 2 rings (SSSR count). The number of amides is 2. The van der Waals surface area contributed by atoms with Gasteiger partial charge in [-0.1, -0.05) is 18.2 Å². The zero-order chi connectivity index (χ0) is 18.3. The second kappa shape index (κ2) is 9.12. The molecule has 0 unspecified atom stereocenters. The van der Waals surface area contributed by atoms with Gasteiger partial charge in [-0.3, -0.25) is 0 Å². The van der Waals surface area contributed by atoms with E-state index in [2.05, 4.69) is 10.6 Å². The predicted octanol–water partition coefficient (Wildman–Crippen LogP) is 0.718. The molecule has 0 aromatic heterocycles. The van der Waals surface area contributed by atoms with Crippen LogP contribution in [0.5, 0.6) is 0 Å². The molecule has 140 valence electrons. The number of carbonyl (C=O) groups is 1. The average molecular weight is 373 g/mol. The topological polar surface area (TPSA) is 87.7 Å². The van der Waals surface area contributed by atoms with E-state index in [1.54, 1.807) is 25.1 Å². The molecule has 1 aliphatic rings. The standard InChI is InChI=1S/C16H24FN3O4S/c1-13(12-14-4-2-3-5-15(14)17)19-16(21)18-6-11-25(22,23)20-7-9-24-10-8-20/h2-5,13H,6-12H2,1H3,(H2,18,19,21)/t13-/m0/s1. The van der Waals surface area contributed by atoms with E-state index >= 15 is 0 Å². The Morgan fingerprint density at radius 1 is 1.32 bits per heavy atom. The number of ether oxygens (including phenoxy) is 1. The van der Waals surface area contributed by atoms with Gasteiger partial charge in [-0.15, -0.1) is 0 Å². The second-order valence-electron chi connectivity index (χ2n) is 5.92. The highest BCUT2D eigenvalue weighted by Crippen LogP contribution is 2.09. The summed E-state index contributed by atoms with van der Waals surface area (Å²) in [6, 6.07) is 5.63. The number of urea groups is 1. The summed E-state index contributed by atoms with van der Waals surface area (Å²) in [5.74, 6) is -0.476. The number of nitrogens with zero attached hydrogens (tertiary/aromatic N) is 1. The molecule has 0 radical (unpaired) electrons. The van der Waals surface area contributed by atoms with Crippen molar-refractivity contribution in [2.75, 3.05) is 38.6 Å². The van der Waals surface area contributed by atoms with Gasteiger partial charge in [0.2, 0.25) is 10.0 Å². The van der Waals surface area contributed by atoms with Gasteiger partial charge in [-0.25, -0.2) is 17.6 Å². The minimum atomic E-state index is -3.40. The fourth-order valence-electron chi connectivity index (χ4n) is 2.57. The van der Waals surface area contributed by atoms with Crippen LogP contribution in [0.4, 0.5) is 9.18 Å². The van der Waals surface area contributed by atoms with E-state index in [-0.39, 0.29) is 24.2 Å². The minimum Gasteiger partial charge on any atom is -0.379 e. The first-order valence-corrected chi connectivity index (χ1v) is 9.83. The first-order chi connectivity index (χ1) is 11.9. The molecule has 0 spiro atoms. The molecule has 25 heavy (non-hydrogen) atoms. The lowest BCUT2D eigenvalue weighted by Crippen LogP contribution is -2.46. The maximum Gasteiger partial charge on any atom is 0.315 e. The number of hydrogen-bond donors (Lipinski definition) is 2. The Kier molecular flexibility index (Phi) is 7.15. The minimum absolute atomic E-state index is 0.0118. The zero-order valence-electron chi connectivity index (χ0n) is 14.2. The fraction of sp³-hybridized carbons (Fsp3) is 0.562. The number of morpholine rings is 1. The Bertz CT molecular complexity index is 678. The van der Waals surface area contributed by atoms with Crippen molar-refractivity contribution in [3.63, 3.8) is 0 Å². The maximum atomic E-state index is 13.6. The molecule has 1 heterocycles. The molecule has 1 aromatic rings. The van der Waals surface area contributed by atoms with E-state index in [1.165, 1.54) is 10.4 Å². The van der Waals surface area contributed by atoms with Crippen molar-refractivity contribution in [2.24, 2.45) is 0 Å². The molecule has 7 nitrogen and oxygen atoms in total. The summed E-state index contributed by atoms with van der Waals surface area (Å²) >= 11 is 0. The summed E-state index contributed by atoms with van der Waals surface area (Å²) in [6.07, 6.45) is 0.353. The van der Waals surface area contributed by atoms with Crippen molar-refractivity contribution >= 4 is 16.1 Å². The molecular weight excluding hydrogens is 349 g/mol. The molecule has 1 saturated heterocycles. The first-order valence-electron chi connectivity index (χ1n) is 8.22. The fourth-order valence-corrected chi connectivity index (χ4v) is 3.89. The van der Waals surface area contributed by atoms with Gasteiger partial charge in [0.1, 0.15) is 5.82 Å². The number of hydrogen-bond acceptors (Lipinski definition) is 4. The normalized spacial score (nSPS) is 17.0. The molecular formula is C16H24FN3O4S. The van der Waals surface area contributed by atoms with E-state index in [9.17, 15) is 17.6 Å². The van der Waals surface area contributed by atoms with Gasteiger partial charge in [0.05, 0.1) is 19.0 Å². The molecule has 0 aliphatic carbocycles. The van der Waals surface area contributed by atoms with Gasteiger partial charge in [-0.2, -0.15) is 4.31 Å².